The standard InChI is InChI=1S/C9H8BrFO4/c1-14-9-6(15-4-7(12)13)3-2-5(10)8(9)11/h2-3H,4H2,1H3,(H,12,13). The molecule has 0 fully saturated rings. The van der Waals surface area contributed by atoms with Crippen LogP contribution in [0, 0.1) is 5.82 Å². The van der Waals surface area contributed by atoms with Gasteiger partial charge in [-0.05, 0) is 28.1 Å². The molecule has 1 aromatic carbocycles. The molecular formula is C9H8BrFO4. The fraction of sp³-hybridized carbons (Fsp3) is 0.222. The zero-order valence-corrected chi connectivity index (χ0v) is 9.38. The molecule has 0 bridgehead atoms. The molecule has 4 nitrogen and oxygen atoms in total. The molecule has 6 heteroatoms. The SMILES string of the molecule is COc1c(OCC(=O)O)ccc(Br)c1F. The highest BCUT2D eigenvalue weighted by Gasteiger charge is 2.14. The molecule has 0 heterocycles. The Kier molecular flexibility index (Phi) is 3.90. The second kappa shape index (κ2) is 4.97. The first-order chi connectivity index (χ1) is 7.06. The number of halogens is 2. The number of ether oxygens (including phenoxy) is 2. The second-order valence-corrected chi connectivity index (χ2v) is 3.43. The van der Waals surface area contributed by atoms with E-state index in [1.54, 1.807) is 0 Å². The van der Waals surface area contributed by atoms with E-state index in [1.807, 2.05) is 0 Å². The molecule has 1 aromatic rings. The van der Waals surface area contributed by atoms with Crippen molar-refractivity contribution in [2.75, 3.05) is 13.7 Å². The van der Waals surface area contributed by atoms with Crippen LogP contribution in [0.3, 0.4) is 0 Å². The molecule has 0 amide bonds. The van der Waals surface area contributed by atoms with Gasteiger partial charge in [-0.1, -0.05) is 0 Å². The zero-order chi connectivity index (χ0) is 11.4. The summed E-state index contributed by atoms with van der Waals surface area (Å²) in [5.74, 6) is -1.83. The molecule has 0 aliphatic rings. The smallest absolute Gasteiger partial charge is 0.341 e. The van der Waals surface area contributed by atoms with Crippen molar-refractivity contribution in [2.45, 2.75) is 0 Å². The first-order valence-corrected chi connectivity index (χ1v) is 4.72. The minimum atomic E-state index is -1.14. The number of hydrogen-bond donors (Lipinski definition) is 1. The summed E-state index contributed by atoms with van der Waals surface area (Å²) in [5, 5.41) is 8.39. The third kappa shape index (κ3) is 2.82. The molecular weight excluding hydrogens is 271 g/mol. The van der Waals surface area contributed by atoms with Gasteiger partial charge in [0.15, 0.2) is 23.9 Å². The Hall–Kier alpha value is -1.30. The molecule has 0 saturated carbocycles. The summed E-state index contributed by atoms with van der Waals surface area (Å²) in [4.78, 5) is 10.3. The van der Waals surface area contributed by atoms with Crippen LogP contribution < -0.4 is 9.47 Å². The van der Waals surface area contributed by atoms with Crippen LogP contribution in [0.1, 0.15) is 0 Å². The molecule has 1 rings (SSSR count). The number of aliphatic carboxylic acids is 1. The highest BCUT2D eigenvalue weighted by molar-refractivity contribution is 9.10. The van der Waals surface area contributed by atoms with Crippen LogP contribution in [-0.4, -0.2) is 24.8 Å². The quantitative estimate of drug-likeness (QED) is 0.916. The second-order valence-electron chi connectivity index (χ2n) is 2.58. The average Bonchev–Trinajstić information content (AvgIpc) is 2.19. The van der Waals surface area contributed by atoms with Crippen molar-refractivity contribution >= 4 is 21.9 Å². The lowest BCUT2D eigenvalue weighted by atomic mass is 10.3. The maximum Gasteiger partial charge on any atom is 0.341 e. The topological polar surface area (TPSA) is 55.8 Å². The van der Waals surface area contributed by atoms with Crippen LogP contribution >= 0.6 is 15.9 Å². The third-order valence-corrected chi connectivity index (χ3v) is 2.18. The number of carboxylic acids is 1. The molecule has 0 atom stereocenters. The van der Waals surface area contributed by atoms with Crippen LogP contribution in [0.15, 0.2) is 16.6 Å². The minimum absolute atomic E-state index is 0.0561. The Morgan fingerprint density at radius 3 is 2.80 bits per heavy atom. The van der Waals surface area contributed by atoms with E-state index in [2.05, 4.69) is 15.9 Å². The summed E-state index contributed by atoms with van der Waals surface area (Å²) >= 11 is 2.97. The third-order valence-electron chi connectivity index (χ3n) is 1.57. The normalized spacial score (nSPS) is 9.80. The zero-order valence-electron chi connectivity index (χ0n) is 7.79. The Balaban J connectivity index is 2.97. The molecule has 0 radical (unpaired) electrons. The summed E-state index contributed by atoms with van der Waals surface area (Å²) in [7, 11) is 1.28. The van der Waals surface area contributed by atoms with Gasteiger partial charge < -0.3 is 14.6 Å². The molecule has 0 aliphatic carbocycles. The Morgan fingerprint density at radius 1 is 1.60 bits per heavy atom. The lowest BCUT2D eigenvalue weighted by Gasteiger charge is -2.10. The predicted octanol–water partition coefficient (Wildman–Crippen LogP) is 2.06. The summed E-state index contributed by atoms with van der Waals surface area (Å²) in [6, 6.07) is 2.84. The van der Waals surface area contributed by atoms with Crippen LogP contribution in [0.25, 0.3) is 0 Å². The van der Waals surface area contributed by atoms with Crippen molar-refractivity contribution in [3.63, 3.8) is 0 Å². The first-order valence-electron chi connectivity index (χ1n) is 3.93. The van der Waals surface area contributed by atoms with Gasteiger partial charge in [0, 0.05) is 0 Å². The highest BCUT2D eigenvalue weighted by Crippen LogP contribution is 2.34. The molecule has 1 N–H and O–H groups in total. The Bertz CT molecular complexity index is 381. The highest BCUT2D eigenvalue weighted by atomic mass is 79.9. The van der Waals surface area contributed by atoms with Crippen LogP contribution in [0.4, 0.5) is 4.39 Å². The molecule has 0 aromatic heterocycles. The number of benzene rings is 1. The fourth-order valence-electron chi connectivity index (χ4n) is 0.958. The number of carboxylic acid groups (broad SMARTS) is 1. The monoisotopic (exact) mass is 278 g/mol. The number of carbonyl (C=O) groups is 1. The minimum Gasteiger partial charge on any atom is -0.490 e. The van der Waals surface area contributed by atoms with E-state index in [1.165, 1.54) is 19.2 Å². The van der Waals surface area contributed by atoms with E-state index in [-0.39, 0.29) is 16.0 Å². The van der Waals surface area contributed by atoms with Crippen LogP contribution in [0.5, 0.6) is 11.5 Å². The lowest BCUT2D eigenvalue weighted by Crippen LogP contribution is -2.10. The molecule has 82 valence electrons. The summed E-state index contributed by atoms with van der Waals surface area (Å²) in [5.41, 5.74) is 0. The van der Waals surface area contributed by atoms with Crippen molar-refractivity contribution in [2.24, 2.45) is 0 Å². The largest absolute Gasteiger partial charge is 0.490 e. The first kappa shape index (κ1) is 11.8. The van der Waals surface area contributed by atoms with Crippen molar-refractivity contribution in [3.8, 4) is 11.5 Å². The maximum absolute atomic E-state index is 13.4. The molecule has 0 saturated heterocycles. The van der Waals surface area contributed by atoms with Crippen molar-refractivity contribution < 1.29 is 23.8 Å². The number of rotatable bonds is 4. The summed E-state index contributed by atoms with van der Waals surface area (Å²) < 4.78 is 23.2. The Morgan fingerprint density at radius 2 is 2.27 bits per heavy atom. The Labute approximate surface area is 93.7 Å². The maximum atomic E-state index is 13.4. The van der Waals surface area contributed by atoms with Gasteiger partial charge in [-0.25, -0.2) is 9.18 Å². The van der Waals surface area contributed by atoms with Crippen LogP contribution in [0.2, 0.25) is 0 Å². The van der Waals surface area contributed by atoms with Crippen molar-refractivity contribution in [1.29, 1.82) is 0 Å². The van der Waals surface area contributed by atoms with Crippen molar-refractivity contribution in [1.82, 2.24) is 0 Å². The number of methoxy groups -OCH3 is 1. The van der Waals surface area contributed by atoms with E-state index in [0.717, 1.165) is 0 Å². The van der Waals surface area contributed by atoms with Gasteiger partial charge >= 0.3 is 5.97 Å². The van der Waals surface area contributed by atoms with E-state index >= 15 is 0 Å². The van der Waals surface area contributed by atoms with Gasteiger partial charge in [0.25, 0.3) is 0 Å². The van der Waals surface area contributed by atoms with Gasteiger partial charge in [-0.2, -0.15) is 0 Å². The van der Waals surface area contributed by atoms with Crippen LogP contribution in [-0.2, 0) is 4.79 Å². The van der Waals surface area contributed by atoms with Crippen molar-refractivity contribution in [3.05, 3.63) is 22.4 Å². The lowest BCUT2D eigenvalue weighted by molar-refractivity contribution is -0.139. The van der Waals surface area contributed by atoms with Gasteiger partial charge in [0.1, 0.15) is 0 Å². The molecule has 0 unspecified atom stereocenters. The van der Waals surface area contributed by atoms with Gasteiger partial charge in [-0.3, -0.25) is 0 Å². The average molecular weight is 279 g/mol. The predicted molar refractivity (Wildman–Crippen MR) is 53.8 cm³/mol. The summed E-state index contributed by atoms with van der Waals surface area (Å²) in [6.45, 7) is -0.544. The molecule has 0 spiro atoms. The molecule has 0 aliphatic heterocycles. The van der Waals surface area contributed by atoms with E-state index in [4.69, 9.17) is 14.6 Å². The van der Waals surface area contributed by atoms with Gasteiger partial charge in [-0.15, -0.1) is 0 Å². The van der Waals surface area contributed by atoms with E-state index in [9.17, 15) is 9.18 Å². The fourth-order valence-corrected chi connectivity index (χ4v) is 1.27. The van der Waals surface area contributed by atoms with Gasteiger partial charge in [0.05, 0.1) is 11.6 Å². The molecule has 15 heavy (non-hydrogen) atoms. The van der Waals surface area contributed by atoms with E-state index < -0.39 is 18.4 Å². The number of hydrogen-bond acceptors (Lipinski definition) is 3. The van der Waals surface area contributed by atoms with E-state index in [0.29, 0.717) is 0 Å². The summed E-state index contributed by atoms with van der Waals surface area (Å²) in [6.07, 6.45) is 0. The van der Waals surface area contributed by atoms with Gasteiger partial charge in [0.2, 0.25) is 0 Å².